The normalized spacial score (nSPS) is 18.7. The quantitative estimate of drug-likeness (QED) is 0.783. The Morgan fingerprint density at radius 1 is 1.22 bits per heavy atom. The molecule has 1 unspecified atom stereocenters. The van der Waals surface area contributed by atoms with E-state index in [1.165, 1.54) is 12.1 Å². The lowest BCUT2D eigenvalue weighted by Gasteiger charge is -2.25. The Bertz CT molecular complexity index is 645. The Labute approximate surface area is 108 Å². The zero-order chi connectivity index (χ0) is 12.7. The van der Waals surface area contributed by atoms with Gasteiger partial charge < -0.3 is 9.55 Å². The van der Waals surface area contributed by atoms with E-state index in [0.29, 0.717) is 11.2 Å². The molecule has 3 rings (SSSR count). The highest BCUT2D eigenvalue weighted by molar-refractivity contribution is 7.71. The van der Waals surface area contributed by atoms with Gasteiger partial charge in [-0.05, 0) is 54.7 Å². The number of fused-ring (bicyclic) bond motifs is 1. The molecular weight excluding hydrogens is 254 g/mol. The van der Waals surface area contributed by atoms with Gasteiger partial charge in [0.05, 0.1) is 0 Å². The predicted molar refractivity (Wildman–Crippen MR) is 67.0 cm³/mol. The second-order valence-corrected chi connectivity index (χ2v) is 4.99. The molecule has 0 fully saturated rings. The van der Waals surface area contributed by atoms with E-state index in [9.17, 15) is 8.78 Å². The minimum absolute atomic E-state index is 0.223. The summed E-state index contributed by atoms with van der Waals surface area (Å²) >= 11 is 5.18. The fourth-order valence-electron chi connectivity index (χ4n) is 2.59. The van der Waals surface area contributed by atoms with Gasteiger partial charge in [-0.2, -0.15) is 0 Å². The van der Waals surface area contributed by atoms with Crippen LogP contribution in [0.2, 0.25) is 0 Å². The fraction of sp³-hybridized carbons (Fsp3) is 0.308. The summed E-state index contributed by atoms with van der Waals surface area (Å²) in [5.74, 6) is -1.53. The number of benzene rings is 1. The van der Waals surface area contributed by atoms with Crippen molar-refractivity contribution in [3.63, 3.8) is 0 Å². The first kappa shape index (κ1) is 11.6. The number of rotatable bonds is 1. The third-order valence-electron chi connectivity index (χ3n) is 3.51. The van der Waals surface area contributed by atoms with Crippen LogP contribution in [0, 0.1) is 16.4 Å². The lowest BCUT2D eigenvalue weighted by atomic mass is 9.88. The maximum absolute atomic E-state index is 13.2. The Balaban J connectivity index is 1.96. The highest BCUT2D eigenvalue weighted by Crippen LogP contribution is 2.30. The molecule has 1 atom stereocenters. The van der Waals surface area contributed by atoms with E-state index in [2.05, 4.69) is 4.98 Å². The average Bonchev–Trinajstić information content (AvgIpc) is 2.76. The van der Waals surface area contributed by atoms with Crippen LogP contribution in [0.4, 0.5) is 8.78 Å². The summed E-state index contributed by atoms with van der Waals surface area (Å²) in [5.41, 5.74) is 1.79. The third kappa shape index (κ3) is 1.88. The average molecular weight is 266 g/mol. The number of aromatic amines is 1. The summed E-state index contributed by atoms with van der Waals surface area (Å²) in [6, 6.07) is 2.85. The predicted octanol–water partition coefficient (Wildman–Crippen LogP) is 3.55. The van der Waals surface area contributed by atoms with E-state index >= 15 is 0 Å². The molecule has 1 aliphatic carbocycles. The van der Waals surface area contributed by atoms with Crippen LogP contribution in [0.25, 0.3) is 0 Å². The summed E-state index contributed by atoms with van der Waals surface area (Å²) in [4.78, 5) is 2.95. The van der Waals surface area contributed by atoms with Crippen molar-refractivity contribution in [3.8, 4) is 0 Å². The molecule has 5 heteroatoms. The summed E-state index contributed by atoms with van der Waals surface area (Å²) in [6.07, 6.45) is 6.04. The number of nitrogens with one attached hydrogen (secondary N) is 1. The van der Waals surface area contributed by atoms with Crippen molar-refractivity contribution in [1.29, 1.82) is 0 Å². The Morgan fingerprint density at radius 3 is 2.61 bits per heavy atom. The van der Waals surface area contributed by atoms with Gasteiger partial charge in [0.15, 0.2) is 16.4 Å². The summed E-state index contributed by atoms with van der Waals surface area (Å²) < 4.78 is 29.0. The smallest absolute Gasteiger partial charge is 0.177 e. The second-order valence-electron chi connectivity index (χ2n) is 4.60. The van der Waals surface area contributed by atoms with Crippen LogP contribution in [0.5, 0.6) is 0 Å². The van der Waals surface area contributed by atoms with Gasteiger partial charge >= 0.3 is 0 Å². The van der Waals surface area contributed by atoms with Crippen molar-refractivity contribution < 1.29 is 8.78 Å². The van der Waals surface area contributed by atoms with Crippen molar-refractivity contribution in [2.45, 2.75) is 25.3 Å². The minimum Gasteiger partial charge on any atom is -0.337 e. The summed E-state index contributed by atoms with van der Waals surface area (Å²) in [6.45, 7) is 0. The lowest BCUT2D eigenvalue weighted by Crippen LogP contribution is -2.18. The van der Waals surface area contributed by atoms with Gasteiger partial charge in [0.2, 0.25) is 0 Å². The van der Waals surface area contributed by atoms with Gasteiger partial charge in [-0.15, -0.1) is 0 Å². The highest BCUT2D eigenvalue weighted by Gasteiger charge is 2.22. The molecule has 0 bridgehead atoms. The SMILES string of the molecule is Fc1cc2c(cc1F)CC(n1cc[nH]c1=S)CC2. The lowest BCUT2D eigenvalue weighted by molar-refractivity contribution is 0.430. The van der Waals surface area contributed by atoms with Gasteiger partial charge in [-0.3, -0.25) is 0 Å². The maximum Gasteiger partial charge on any atom is 0.177 e. The molecule has 0 aliphatic heterocycles. The van der Waals surface area contributed by atoms with Crippen molar-refractivity contribution in [2.24, 2.45) is 0 Å². The van der Waals surface area contributed by atoms with Crippen molar-refractivity contribution in [1.82, 2.24) is 9.55 Å². The van der Waals surface area contributed by atoms with E-state index in [0.717, 1.165) is 24.0 Å². The molecule has 2 nitrogen and oxygen atoms in total. The van der Waals surface area contributed by atoms with E-state index < -0.39 is 11.6 Å². The molecule has 0 saturated carbocycles. The second kappa shape index (κ2) is 4.31. The van der Waals surface area contributed by atoms with Crippen LogP contribution < -0.4 is 0 Å². The number of nitrogens with zero attached hydrogens (tertiary/aromatic N) is 1. The standard InChI is InChI=1S/C13H12F2N2S/c14-11-6-8-1-2-10(5-9(8)7-12(11)15)17-4-3-16-13(17)18/h3-4,6-7,10H,1-2,5H2,(H,16,18). The number of hydrogen-bond donors (Lipinski definition) is 1. The Morgan fingerprint density at radius 2 is 1.94 bits per heavy atom. The van der Waals surface area contributed by atoms with E-state index in [1.54, 1.807) is 6.20 Å². The molecule has 1 aliphatic rings. The number of imidazole rings is 1. The largest absolute Gasteiger partial charge is 0.337 e. The fourth-order valence-corrected chi connectivity index (χ4v) is 2.86. The molecular formula is C13H12F2N2S. The van der Waals surface area contributed by atoms with Crippen LogP contribution >= 0.6 is 12.2 Å². The molecule has 1 aromatic carbocycles. The molecule has 94 valence electrons. The topological polar surface area (TPSA) is 20.7 Å². The van der Waals surface area contributed by atoms with E-state index in [-0.39, 0.29) is 6.04 Å². The van der Waals surface area contributed by atoms with Crippen LogP contribution in [-0.4, -0.2) is 9.55 Å². The first-order valence-electron chi connectivity index (χ1n) is 5.87. The van der Waals surface area contributed by atoms with Crippen LogP contribution in [0.3, 0.4) is 0 Å². The first-order chi connectivity index (χ1) is 8.65. The number of H-pyrrole nitrogens is 1. The maximum atomic E-state index is 13.2. The van der Waals surface area contributed by atoms with Gasteiger partial charge in [0.1, 0.15) is 0 Å². The zero-order valence-electron chi connectivity index (χ0n) is 9.62. The molecule has 18 heavy (non-hydrogen) atoms. The highest BCUT2D eigenvalue weighted by atomic mass is 32.1. The molecule has 1 heterocycles. The van der Waals surface area contributed by atoms with Crippen molar-refractivity contribution in [3.05, 3.63) is 52.1 Å². The first-order valence-corrected chi connectivity index (χ1v) is 6.28. The van der Waals surface area contributed by atoms with E-state index in [1.807, 2.05) is 10.8 Å². The monoisotopic (exact) mass is 266 g/mol. The van der Waals surface area contributed by atoms with Crippen molar-refractivity contribution in [2.75, 3.05) is 0 Å². The Kier molecular flexibility index (Phi) is 2.78. The number of hydrogen-bond acceptors (Lipinski definition) is 1. The van der Waals surface area contributed by atoms with Gasteiger partial charge in [0, 0.05) is 18.4 Å². The van der Waals surface area contributed by atoms with Crippen LogP contribution in [-0.2, 0) is 12.8 Å². The zero-order valence-corrected chi connectivity index (χ0v) is 10.4. The van der Waals surface area contributed by atoms with Gasteiger partial charge in [0.25, 0.3) is 0 Å². The van der Waals surface area contributed by atoms with Gasteiger partial charge in [-0.25, -0.2) is 8.78 Å². The molecule has 2 aromatic rings. The summed E-state index contributed by atoms with van der Waals surface area (Å²) in [7, 11) is 0. The molecule has 0 radical (unpaired) electrons. The van der Waals surface area contributed by atoms with Gasteiger partial charge in [-0.1, -0.05) is 0 Å². The molecule has 0 saturated heterocycles. The van der Waals surface area contributed by atoms with E-state index in [4.69, 9.17) is 12.2 Å². The number of aromatic nitrogens is 2. The molecule has 1 N–H and O–H groups in total. The summed E-state index contributed by atoms with van der Waals surface area (Å²) in [5, 5.41) is 0. The Hall–Kier alpha value is -1.49. The molecule has 0 amide bonds. The van der Waals surface area contributed by atoms with Crippen LogP contribution in [0.1, 0.15) is 23.6 Å². The molecule has 0 spiro atoms. The number of aryl methyl sites for hydroxylation is 1. The third-order valence-corrected chi connectivity index (χ3v) is 3.84. The van der Waals surface area contributed by atoms with Crippen LogP contribution in [0.15, 0.2) is 24.5 Å². The number of halogens is 2. The van der Waals surface area contributed by atoms with Crippen molar-refractivity contribution >= 4 is 12.2 Å². The minimum atomic E-state index is -0.771. The molecule has 1 aromatic heterocycles.